The van der Waals surface area contributed by atoms with Gasteiger partial charge in [0.25, 0.3) is 11.8 Å². The number of hydrogen-bond acceptors (Lipinski definition) is 5. The number of rotatable bonds is 11. The van der Waals surface area contributed by atoms with Crippen molar-refractivity contribution in [1.82, 2.24) is 15.5 Å². The molecule has 0 saturated carbocycles. The molecule has 3 aromatic carbocycles. The number of phenols is 1. The number of benzene rings is 3. The van der Waals surface area contributed by atoms with Crippen LogP contribution in [0, 0.1) is 11.6 Å². The highest BCUT2D eigenvalue weighted by Gasteiger charge is 2.26. The van der Waals surface area contributed by atoms with Crippen molar-refractivity contribution in [3.63, 3.8) is 0 Å². The smallest absolute Gasteiger partial charge is 0.257 e. The quantitative estimate of drug-likeness (QED) is 0.289. The Kier molecular flexibility index (Phi) is 9.84. The van der Waals surface area contributed by atoms with Gasteiger partial charge in [-0.2, -0.15) is 0 Å². The molecule has 4 rings (SSSR count). The maximum absolute atomic E-state index is 13.9. The van der Waals surface area contributed by atoms with Gasteiger partial charge in [0.05, 0.1) is 17.7 Å². The van der Waals surface area contributed by atoms with Crippen molar-refractivity contribution in [2.24, 2.45) is 0 Å². The Morgan fingerprint density at radius 3 is 2.35 bits per heavy atom. The standard InChI is InChI=1S/C31H35F2N3O4/c1-2-20-6-5-7-21(12-20)18-34-19-29(38)27(15-22-13-24(32)17-25(33)14-22)35-30(39)23-8-9-28(37)26(16-23)31(40)36-10-3-4-11-36/h5-9,12-14,16-17,27,29,34,37-38H,2-4,10-11,15,18-19H2,1H3,(H,35,39)/t27-,29-/m0/s1. The van der Waals surface area contributed by atoms with E-state index in [4.69, 9.17) is 0 Å². The summed E-state index contributed by atoms with van der Waals surface area (Å²) in [6.45, 7) is 3.83. The molecule has 212 valence electrons. The summed E-state index contributed by atoms with van der Waals surface area (Å²) < 4.78 is 27.8. The first kappa shape index (κ1) is 29.2. The highest BCUT2D eigenvalue weighted by atomic mass is 19.1. The summed E-state index contributed by atoms with van der Waals surface area (Å²) in [6, 6.07) is 14.2. The molecule has 0 aliphatic carbocycles. The Labute approximate surface area is 232 Å². The zero-order valence-corrected chi connectivity index (χ0v) is 22.5. The topological polar surface area (TPSA) is 102 Å². The molecule has 0 radical (unpaired) electrons. The number of carbonyl (C=O) groups is 2. The van der Waals surface area contributed by atoms with Crippen molar-refractivity contribution in [2.45, 2.75) is 51.3 Å². The lowest BCUT2D eigenvalue weighted by molar-refractivity contribution is 0.0789. The van der Waals surface area contributed by atoms with Gasteiger partial charge in [-0.3, -0.25) is 9.59 Å². The second kappa shape index (κ2) is 13.5. The van der Waals surface area contributed by atoms with Crippen molar-refractivity contribution < 1.29 is 28.6 Å². The molecule has 3 aromatic rings. The Morgan fingerprint density at radius 2 is 1.65 bits per heavy atom. The van der Waals surface area contributed by atoms with E-state index in [1.165, 1.54) is 23.8 Å². The zero-order valence-electron chi connectivity index (χ0n) is 22.5. The van der Waals surface area contributed by atoms with Crippen LogP contribution in [0.25, 0.3) is 0 Å². The Morgan fingerprint density at radius 1 is 0.950 bits per heavy atom. The van der Waals surface area contributed by atoms with E-state index >= 15 is 0 Å². The second-order valence-corrected chi connectivity index (χ2v) is 10.2. The fourth-order valence-corrected chi connectivity index (χ4v) is 4.92. The molecular weight excluding hydrogens is 516 g/mol. The molecule has 0 bridgehead atoms. The number of nitrogens with one attached hydrogen (secondary N) is 2. The number of carbonyl (C=O) groups excluding carboxylic acids is 2. The molecule has 7 nitrogen and oxygen atoms in total. The van der Waals surface area contributed by atoms with E-state index in [-0.39, 0.29) is 41.3 Å². The normalized spacial score (nSPS) is 14.7. The van der Waals surface area contributed by atoms with Crippen LogP contribution in [0.3, 0.4) is 0 Å². The molecule has 1 saturated heterocycles. The van der Waals surface area contributed by atoms with Crippen molar-refractivity contribution in [3.05, 3.63) is 100 Å². The molecular formula is C31H35F2N3O4. The van der Waals surface area contributed by atoms with Crippen molar-refractivity contribution >= 4 is 11.8 Å². The summed E-state index contributed by atoms with van der Waals surface area (Å²) in [5, 5.41) is 27.3. The van der Waals surface area contributed by atoms with Gasteiger partial charge < -0.3 is 25.7 Å². The monoisotopic (exact) mass is 551 g/mol. The lowest BCUT2D eigenvalue weighted by Crippen LogP contribution is -2.48. The summed E-state index contributed by atoms with van der Waals surface area (Å²) in [7, 11) is 0. The maximum atomic E-state index is 13.9. The number of aliphatic hydroxyl groups is 1. The van der Waals surface area contributed by atoms with Crippen LogP contribution in [0.1, 0.15) is 57.2 Å². The second-order valence-electron chi connectivity index (χ2n) is 10.2. The van der Waals surface area contributed by atoms with Gasteiger partial charge in [0.2, 0.25) is 0 Å². The number of amides is 2. The fraction of sp³-hybridized carbons (Fsp3) is 0.355. The average molecular weight is 552 g/mol. The third-order valence-electron chi connectivity index (χ3n) is 7.12. The Balaban J connectivity index is 1.49. The Hall–Kier alpha value is -3.82. The van der Waals surface area contributed by atoms with E-state index in [1.54, 1.807) is 4.90 Å². The van der Waals surface area contributed by atoms with Crippen LogP contribution >= 0.6 is 0 Å². The minimum Gasteiger partial charge on any atom is -0.507 e. The molecule has 9 heteroatoms. The number of likely N-dealkylation sites (tertiary alicyclic amines) is 1. The molecule has 2 atom stereocenters. The van der Waals surface area contributed by atoms with Crippen LogP contribution in [0.2, 0.25) is 0 Å². The van der Waals surface area contributed by atoms with Gasteiger partial charge in [-0.15, -0.1) is 0 Å². The van der Waals surface area contributed by atoms with E-state index in [0.717, 1.165) is 43.0 Å². The third-order valence-corrected chi connectivity index (χ3v) is 7.12. The number of hydrogen-bond donors (Lipinski definition) is 4. The van der Waals surface area contributed by atoms with Crippen LogP contribution in [-0.2, 0) is 19.4 Å². The molecule has 0 spiro atoms. The number of aliphatic hydroxyl groups excluding tert-OH is 1. The number of nitrogens with zero attached hydrogens (tertiary/aromatic N) is 1. The molecule has 1 heterocycles. The van der Waals surface area contributed by atoms with Crippen molar-refractivity contribution in [3.8, 4) is 5.75 Å². The van der Waals surface area contributed by atoms with Crippen LogP contribution in [0.4, 0.5) is 8.78 Å². The minimum absolute atomic E-state index is 0.0230. The Bertz CT molecular complexity index is 1320. The molecule has 0 unspecified atom stereocenters. The van der Waals surface area contributed by atoms with Crippen LogP contribution < -0.4 is 10.6 Å². The molecule has 1 aliphatic heterocycles. The summed E-state index contributed by atoms with van der Waals surface area (Å²) in [4.78, 5) is 27.8. The van der Waals surface area contributed by atoms with E-state index in [1.807, 2.05) is 18.2 Å². The fourth-order valence-electron chi connectivity index (χ4n) is 4.92. The van der Waals surface area contributed by atoms with Gasteiger partial charge in [0.15, 0.2) is 0 Å². The zero-order chi connectivity index (χ0) is 28.6. The van der Waals surface area contributed by atoms with Gasteiger partial charge in [-0.1, -0.05) is 31.2 Å². The third kappa shape index (κ3) is 7.64. The number of aryl methyl sites for hydroxylation is 1. The summed E-state index contributed by atoms with van der Waals surface area (Å²) >= 11 is 0. The minimum atomic E-state index is -1.10. The van der Waals surface area contributed by atoms with Crippen molar-refractivity contribution in [2.75, 3.05) is 19.6 Å². The predicted molar refractivity (Wildman–Crippen MR) is 148 cm³/mol. The number of aromatic hydroxyl groups is 1. The molecule has 2 amide bonds. The molecule has 40 heavy (non-hydrogen) atoms. The highest BCUT2D eigenvalue weighted by molar-refractivity contribution is 6.01. The van der Waals surface area contributed by atoms with E-state index < -0.39 is 29.7 Å². The van der Waals surface area contributed by atoms with Gasteiger partial charge >= 0.3 is 0 Å². The molecule has 1 aliphatic rings. The van der Waals surface area contributed by atoms with Gasteiger partial charge in [0, 0.05) is 37.8 Å². The summed E-state index contributed by atoms with van der Waals surface area (Å²) in [6.07, 6.45) is 1.52. The van der Waals surface area contributed by atoms with Crippen LogP contribution in [0.5, 0.6) is 5.75 Å². The van der Waals surface area contributed by atoms with E-state index in [2.05, 4.69) is 23.6 Å². The lowest BCUT2D eigenvalue weighted by Gasteiger charge is -2.25. The SMILES string of the molecule is CCc1cccc(CNC[C@H](O)[C@H](Cc2cc(F)cc(F)c2)NC(=O)c2ccc(O)c(C(=O)N3CCCC3)c2)c1. The van der Waals surface area contributed by atoms with Gasteiger partial charge in [-0.05, 0) is 72.7 Å². The predicted octanol–water partition coefficient (Wildman–Crippen LogP) is 3.96. The van der Waals surface area contributed by atoms with E-state index in [0.29, 0.717) is 19.6 Å². The first-order valence-electron chi connectivity index (χ1n) is 13.6. The first-order valence-corrected chi connectivity index (χ1v) is 13.6. The summed E-state index contributed by atoms with van der Waals surface area (Å²) in [5.41, 5.74) is 2.64. The van der Waals surface area contributed by atoms with Crippen LogP contribution in [0.15, 0.2) is 60.7 Å². The van der Waals surface area contributed by atoms with E-state index in [9.17, 15) is 28.6 Å². The average Bonchev–Trinajstić information content (AvgIpc) is 3.47. The number of phenolic OH excluding ortho intramolecular Hbond substituents is 1. The molecule has 4 N–H and O–H groups in total. The summed E-state index contributed by atoms with van der Waals surface area (Å²) in [5.74, 6) is -2.68. The van der Waals surface area contributed by atoms with Crippen molar-refractivity contribution in [1.29, 1.82) is 0 Å². The first-order chi connectivity index (χ1) is 19.2. The van der Waals surface area contributed by atoms with Gasteiger partial charge in [-0.25, -0.2) is 8.78 Å². The van der Waals surface area contributed by atoms with Crippen LogP contribution in [-0.4, -0.2) is 58.7 Å². The molecule has 1 fully saturated rings. The largest absolute Gasteiger partial charge is 0.507 e. The lowest BCUT2D eigenvalue weighted by atomic mass is 9.99. The molecule has 0 aromatic heterocycles. The highest BCUT2D eigenvalue weighted by Crippen LogP contribution is 2.23. The maximum Gasteiger partial charge on any atom is 0.257 e. The van der Waals surface area contributed by atoms with Gasteiger partial charge in [0.1, 0.15) is 17.4 Å². The number of halogens is 2.